The topological polar surface area (TPSA) is 26.3 Å². The van der Waals surface area contributed by atoms with E-state index in [-0.39, 0.29) is 5.97 Å². The van der Waals surface area contributed by atoms with E-state index in [0.29, 0.717) is 16.5 Å². The summed E-state index contributed by atoms with van der Waals surface area (Å²) < 4.78 is 5.33. The summed E-state index contributed by atoms with van der Waals surface area (Å²) in [5, 5.41) is 0.504. The van der Waals surface area contributed by atoms with Crippen molar-refractivity contribution in [3.63, 3.8) is 0 Å². The second-order valence-corrected chi connectivity index (χ2v) is 6.85. The second kappa shape index (κ2) is 6.54. The van der Waals surface area contributed by atoms with Crippen molar-refractivity contribution >= 4 is 17.6 Å². The average molecular weight is 305 g/mol. The maximum absolute atomic E-state index is 12.0. The van der Waals surface area contributed by atoms with E-state index in [1.807, 2.05) is 20.8 Å². The summed E-state index contributed by atoms with van der Waals surface area (Å²) in [5.74, 6) is 6.54. The van der Waals surface area contributed by atoms with E-state index in [4.69, 9.17) is 16.3 Å². The van der Waals surface area contributed by atoms with Crippen molar-refractivity contribution in [3.8, 4) is 11.8 Å². The van der Waals surface area contributed by atoms with Crippen LogP contribution in [0.4, 0.5) is 0 Å². The van der Waals surface area contributed by atoms with Gasteiger partial charge in [-0.25, -0.2) is 4.79 Å². The lowest BCUT2D eigenvalue weighted by Crippen LogP contribution is -2.23. The van der Waals surface area contributed by atoms with E-state index >= 15 is 0 Å². The molecule has 0 atom stereocenters. The molecule has 1 aliphatic carbocycles. The summed E-state index contributed by atoms with van der Waals surface area (Å²) in [5.41, 5.74) is 0.724. The number of hydrogen-bond acceptors (Lipinski definition) is 2. The zero-order valence-corrected chi connectivity index (χ0v) is 13.6. The molecule has 1 aromatic rings. The Morgan fingerprint density at radius 2 is 1.95 bits per heavy atom. The van der Waals surface area contributed by atoms with Crippen LogP contribution >= 0.6 is 11.6 Å². The first-order valence-electron chi connectivity index (χ1n) is 7.39. The van der Waals surface area contributed by atoms with Crippen molar-refractivity contribution < 1.29 is 9.53 Å². The van der Waals surface area contributed by atoms with Crippen LogP contribution in [0.5, 0.6) is 0 Å². The molecule has 0 heterocycles. The highest BCUT2D eigenvalue weighted by Gasteiger charge is 2.18. The summed E-state index contributed by atoms with van der Waals surface area (Å²) in [7, 11) is 0. The average Bonchev–Trinajstić information content (AvgIpc) is 2.88. The molecular formula is C18H21ClO2. The van der Waals surface area contributed by atoms with Crippen LogP contribution in [-0.2, 0) is 4.74 Å². The minimum Gasteiger partial charge on any atom is -0.456 e. The van der Waals surface area contributed by atoms with Gasteiger partial charge in [0.15, 0.2) is 0 Å². The number of hydrogen-bond donors (Lipinski definition) is 0. The van der Waals surface area contributed by atoms with Gasteiger partial charge in [-0.1, -0.05) is 36.3 Å². The zero-order valence-electron chi connectivity index (χ0n) is 12.8. The third-order valence-corrected chi connectivity index (χ3v) is 3.68. The van der Waals surface area contributed by atoms with E-state index in [9.17, 15) is 4.79 Å². The summed E-state index contributed by atoms with van der Waals surface area (Å²) in [6.45, 7) is 5.52. The molecule has 2 nitrogen and oxygen atoms in total. The molecule has 0 aromatic heterocycles. The van der Waals surface area contributed by atoms with Gasteiger partial charge in [0.05, 0.1) is 10.6 Å². The largest absolute Gasteiger partial charge is 0.456 e. The van der Waals surface area contributed by atoms with E-state index in [1.165, 1.54) is 25.7 Å². The summed E-state index contributed by atoms with van der Waals surface area (Å²) >= 11 is 6.22. The van der Waals surface area contributed by atoms with Crippen molar-refractivity contribution in [2.24, 2.45) is 5.92 Å². The fourth-order valence-electron chi connectivity index (χ4n) is 2.33. The Morgan fingerprint density at radius 3 is 2.52 bits per heavy atom. The molecule has 0 spiro atoms. The van der Waals surface area contributed by atoms with Gasteiger partial charge in [-0.3, -0.25) is 0 Å². The van der Waals surface area contributed by atoms with E-state index in [1.54, 1.807) is 18.2 Å². The van der Waals surface area contributed by atoms with Gasteiger partial charge < -0.3 is 4.74 Å². The van der Waals surface area contributed by atoms with Crippen molar-refractivity contribution in [2.75, 3.05) is 0 Å². The van der Waals surface area contributed by atoms with Crippen molar-refractivity contribution in [2.45, 2.75) is 52.1 Å². The summed E-state index contributed by atoms with van der Waals surface area (Å²) in [6.07, 6.45) is 4.90. The maximum atomic E-state index is 12.0. The molecule has 0 saturated heterocycles. The molecule has 3 heteroatoms. The van der Waals surface area contributed by atoms with Gasteiger partial charge in [-0.2, -0.15) is 0 Å². The molecule has 112 valence electrons. The Morgan fingerprint density at radius 1 is 1.29 bits per heavy atom. The third kappa shape index (κ3) is 4.79. The molecule has 0 radical (unpaired) electrons. The Balaban J connectivity index is 2.11. The number of halogens is 1. The summed E-state index contributed by atoms with van der Waals surface area (Å²) in [6, 6.07) is 5.15. The zero-order chi connectivity index (χ0) is 15.5. The lowest BCUT2D eigenvalue weighted by Gasteiger charge is -2.19. The lowest BCUT2D eigenvalue weighted by atomic mass is 10.1. The minimum absolute atomic E-state index is 0.361. The van der Waals surface area contributed by atoms with Crippen LogP contribution in [0.3, 0.4) is 0 Å². The van der Waals surface area contributed by atoms with E-state index in [0.717, 1.165) is 5.56 Å². The van der Waals surface area contributed by atoms with Gasteiger partial charge in [0, 0.05) is 11.5 Å². The molecule has 0 amide bonds. The first-order valence-corrected chi connectivity index (χ1v) is 7.77. The predicted octanol–water partition coefficient (Wildman–Crippen LogP) is 4.84. The molecule has 1 fully saturated rings. The molecule has 21 heavy (non-hydrogen) atoms. The highest BCUT2D eigenvalue weighted by atomic mass is 35.5. The first-order chi connectivity index (χ1) is 9.85. The molecule has 1 aromatic carbocycles. The van der Waals surface area contributed by atoms with Gasteiger partial charge in [-0.15, -0.1) is 0 Å². The second-order valence-electron chi connectivity index (χ2n) is 6.45. The fourth-order valence-corrected chi connectivity index (χ4v) is 2.56. The molecule has 0 N–H and O–H groups in total. The van der Waals surface area contributed by atoms with Gasteiger partial charge in [-0.05, 0) is 51.8 Å². The monoisotopic (exact) mass is 304 g/mol. The van der Waals surface area contributed by atoms with Gasteiger partial charge in [0.1, 0.15) is 5.60 Å². The van der Waals surface area contributed by atoms with Crippen LogP contribution in [0, 0.1) is 17.8 Å². The van der Waals surface area contributed by atoms with Crippen molar-refractivity contribution in [1.82, 2.24) is 0 Å². The maximum Gasteiger partial charge on any atom is 0.338 e. The smallest absolute Gasteiger partial charge is 0.338 e. The quantitative estimate of drug-likeness (QED) is 0.548. The molecular weight excluding hydrogens is 284 g/mol. The molecule has 0 unspecified atom stereocenters. The van der Waals surface area contributed by atoms with Crippen LogP contribution in [0.1, 0.15) is 62.4 Å². The number of carbonyl (C=O) groups excluding carboxylic acids is 1. The highest BCUT2D eigenvalue weighted by molar-refractivity contribution is 6.32. The summed E-state index contributed by atoms with van der Waals surface area (Å²) in [4.78, 5) is 12.0. The van der Waals surface area contributed by atoms with Crippen LogP contribution in [0.25, 0.3) is 0 Å². The Kier molecular flexibility index (Phi) is 4.96. The van der Waals surface area contributed by atoms with Gasteiger partial charge >= 0.3 is 5.97 Å². The van der Waals surface area contributed by atoms with E-state index < -0.39 is 5.60 Å². The van der Waals surface area contributed by atoms with Crippen LogP contribution in [-0.4, -0.2) is 11.6 Å². The van der Waals surface area contributed by atoms with Gasteiger partial charge in [0.25, 0.3) is 0 Å². The SMILES string of the molecule is CC(C)(C)OC(=O)c1ccc(C#CC2CCCC2)c(Cl)c1. The minimum atomic E-state index is -0.509. The number of rotatable bonds is 1. The lowest BCUT2D eigenvalue weighted by molar-refractivity contribution is 0.00695. The molecule has 0 bridgehead atoms. The number of benzene rings is 1. The molecule has 0 aliphatic heterocycles. The van der Waals surface area contributed by atoms with Crippen molar-refractivity contribution in [3.05, 3.63) is 34.3 Å². The predicted molar refractivity (Wildman–Crippen MR) is 85.5 cm³/mol. The van der Waals surface area contributed by atoms with E-state index in [2.05, 4.69) is 11.8 Å². The molecule has 2 rings (SSSR count). The van der Waals surface area contributed by atoms with Crippen LogP contribution in [0.2, 0.25) is 5.02 Å². The van der Waals surface area contributed by atoms with Gasteiger partial charge in [0.2, 0.25) is 0 Å². The Labute approximate surface area is 131 Å². The standard InChI is InChI=1S/C18H21ClO2/c1-18(2,3)21-17(20)15-11-10-14(16(19)12-15)9-8-13-6-4-5-7-13/h10-13H,4-7H2,1-3H3. The third-order valence-electron chi connectivity index (χ3n) is 3.37. The van der Waals surface area contributed by atoms with Crippen molar-refractivity contribution in [1.29, 1.82) is 0 Å². The number of esters is 1. The number of ether oxygens (including phenoxy) is 1. The fraction of sp³-hybridized carbons (Fsp3) is 0.500. The first kappa shape index (κ1) is 15.9. The molecule has 1 aliphatic rings. The molecule has 1 saturated carbocycles. The highest BCUT2D eigenvalue weighted by Crippen LogP contribution is 2.24. The Hall–Kier alpha value is -1.46. The van der Waals surface area contributed by atoms with Crippen LogP contribution < -0.4 is 0 Å². The van der Waals surface area contributed by atoms with Crippen LogP contribution in [0.15, 0.2) is 18.2 Å². The normalized spacial score (nSPS) is 15.4. The number of carbonyl (C=O) groups is 1. The Bertz CT molecular complexity index is 581.